The lowest BCUT2D eigenvalue weighted by Gasteiger charge is -2.13. The topological polar surface area (TPSA) is 158 Å². The maximum atomic E-state index is 12.8. The number of benzene rings is 5. The van der Waals surface area contributed by atoms with Gasteiger partial charge in [0, 0.05) is 77.4 Å². The van der Waals surface area contributed by atoms with Crippen LogP contribution < -0.4 is 25.4 Å². The minimum Gasteiger partial charge on any atom is -0.496 e. The van der Waals surface area contributed by atoms with Crippen molar-refractivity contribution in [1.29, 1.82) is 0 Å². The Morgan fingerprint density at radius 2 is 1.02 bits per heavy atom. The van der Waals surface area contributed by atoms with Crippen LogP contribution in [0.5, 0.6) is 11.5 Å². The van der Waals surface area contributed by atoms with Crippen molar-refractivity contribution in [2.75, 3.05) is 30.2 Å². The zero-order valence-corrected chi connectivity index (χ0v) is 35.8. The second kappa shape index (κ2) is 19.4. The number of fused-ring (bicyclic) bond motifs is 2. The van der Waals surface area contributed by atoms with Gasteiger partial charge in [0.15, 0.2) is 0 Å². The monoisotopic (exact) mass is 867 g/mol. The van der Waals surface area contributed by atoms with Gasteiger partial charge in [0.1, 0.15) is 29.5 Å². The number of hydrogen-bond acceptors (Lipinski definition) is 11. The molecule has 0 unspecified atom stereocenters. The second-order valence-corrected chi connectivity index (χ2v) is 14.8. The van der Waals surface area contributed by atoms with Crippen LogP contribution in [0.2, 0.25) is 0 Å². The fourth-order valence-electron chi connectivity index (χ4n) is 7.53. The molecule has 0 aliphatic rings. The quantitative estimate of drug-likeness (QED) is 0.114. The van der Waals surface area contributed by atoms with Gasteiger partial charge in [-0.1, -0.05) is 54.6 Å². The van der Waals surface area contributed by atoms with Crippen LogP contribution in [0.1, 0.15) is 20.7 Å². The van der Waals surface area contributed by atoms with Gasteiger partial charge in [0.25, 0.3) is 11.8 Å². The number of carbonyl (C=O) groups is 2. The molecule has 0 aliphatic heterocycles. The number of nitrogens with one attached hydrogen (secondary N) is 3. The van der Waals surface area contributed by atoms with Crippen LogP contribution in [0, 0.1) is 0 Å². The van der Waals surface area contributed by atoms with E-state index >= 15 is 0 Å². The molecule has 13 heteroatoms. The van der Waals surface area contributed by atoms with Crippen molar-refractivity contribution in [2.24, 2.45) is 0 Å². The molecule has 3 N–H and O–H groups in total. The first-order chi connectivity index (χ1) is 32.5. The van der Waals surface area contributed by atoms with Crippen LogP contribution >= 0.6 is 0 Å². The number of ether oxygens (including phenoxy) is 2. The summed E-state index contributed by atoms with van der Waals surface area (Å²) >= 11 is 0. The highest BCUT2D eigenvalue weighted by molar-refractivity contribution is 6.08. The van der Waals surface area contributed by atoms with Crippen LogP contribution in [0.15, 0.2) is 195 Å². The summed E-state index contributed by atoms with van der Waals surface area (Å²) in [5.74, 6) is 2.14. The number of amides is 1. The summed E-state index contributed by atoms with van der Waals surface area (Å²) in [6.07, 6.45) is 15.2. The van der Waals surface area contributed by atoms with E-state index in [0.29, 0.717) is 22.8 Å². The fourth-order valence-corrected chi connectivity index (χ4v) is 7.53. The molecule has 0 bridgehead atoms. The average Bonchev–Trinajstić information content (AvgIpc) is 3.93. The minimum atomic E-state index is -0.225. The van der Waals surface area contributed by atoms with Gasteiger partial charge in [-0.25, -0.2) is 15.0 Å². The number of pyridine rings is 4. The molecule has 66 heavy (non-hydrogen) atoms. The summed E-state index contributed by atoms with van der Waals surface area (Å²) in [6, 6.07) is 44.3. The Morgan fingerprint density at radius 1 is 0.485 bits per heavy atom. The zero-order valence-electron chi connectivity index (χ0n) is 35.8. The summed E-state index contributed by atoms with van der Waals surface area (Å²) in [5, 5.41) is 13.5. The molecular formula is C53H41N9O4. The van der Waals surface area contributed by atoms with Crippen LogP contribution in [-0.2, 0) is 0 Å². The summed E-state index contributed by atoms with van der Waals surface area (Å²) in [7, 11) is 3.32. The predicted molar refractivity (Wildman–Crippen MR) is 259 cm³/mol. The average molecular weight is 868 g/mol. The lowest BCUT2D eigenvalue weighted by Crippen LogP contribution is -2.14. The van der Waals surface area contributed by atoms with E-state index in [0.717, 1.165) is 72.4 Å². The van der Waals surface area contributed by atoms with Gasteiger partial charge >= 0.3 is 0 Å². The molecule has 13 nitrogen and oxygen atoms in total. The van der Waals surface area contributed by atoms with Gasteiger partial charge in [-0.05, 0) is 118 Å². The van der Waals surface area contributed by atoms with Crippen LogP contribution in [0.4, 0.5) is 28.7 Å². The van der Waals surface area contributed by atoms with Gasteiger partial charge in [0.2, 0.25) is 0 Å². The summed E-state index contributed by atoms with van der Waals surface area (Å²) in [6.45, 7) is 0. The summed E-state index contributed by atoms with van der Waals surface area (Å²) < 4.78 is 12.4. The van der Waals surface area contributed by atoms with Gasteiger partial charge in [-0.2, -0.15) is 0 Å². The highest BCUT2D eigenvalue weighted by atomic mass is 16.5. The first kappa shape index (κ1) is 42.1. The van der Waals surface area contributed by atoms with E-state index in [1.165, 1.54) is 10.9 Å². The van der Waals surface area contributed by atoms with E-state index in [-0.39, 0.29) is 11.8 Å². The minimum absolute atomic E-state index is 0.201. The molecule has 5 aromatic heterocycles. The number of methoxy groups -OCH3 is 2. The smallest absolute Gasteiger partial charge is 0.266 e. The maximum Gasteiger partial charge on any atom is 0.266 e. The third-order valence-corrected chi connectivity index (χ3v) is 10.8. The number of para-hydroxylation sites is 1. The summed E-state index contributed by atoms with van der Waals surface area (Å²) in [4.78, 5) is 46.7. The van der Waals surface area contributed by atoms with Crippen molar-refractivity contribution in [3.8, 4) is 33.8 Å². The van der Waals surface area contributed by atoms with Gasteiger partial charge in [-0.3, -0.25) is 24.1 Å². The van der Waals surface area contributed by atoms with Crippen LogP contribution in [-0.4, -0.2) is 55.5 Å². The Bertz CT molecular complexity index is 3290. The van der Waals surface area contributed by atoms with Gasteiger partial charge in [0.05, 0.1) is 25.3 Å². The number of aromatic nitrogens is 6. The molecule has 0 saturated carbocycles. The first-order valence-electron chi connectivity index (χ1n) is 20.8. The number of hydrogen-bond donors (Lipinski definition) is 3. The number of rotatable bonds is 11. The Kier molecular flexibility index (Phi) is 12.4. The normalized spacial score (nSPS) is 10.7. The highest BCUT2D eigenvalue weighted by Gasteiger charge is 2.16. The van der Waals surface area contributed by atoms with Crippen molar-refractivity contribution in [1.82, 2.24) is 29.5 Å². The predicted octanol–water partition coefficient (Wildman–Crippen LogP) is 11.2. The molecule has 0 fully saturated rings. The van der Waals surface area contributed by atoms with Gasteiger partial charge < -0.3 is 25.4 Å². The molecule has 0 atom stereocenters. The lowest BCUT2D eigenvalue weighted by molar-refractivity contribution is 0.0959. The summed E-state index contributed by atoms with van der Waals surface area (Å²) in [5.41, 5.74) is 7.61. The van der Waals surface area contributed by atoms with Crippen molar-refractivity contribution < 1.29 is 19.1 Å². The highest BCUT2D eigenvalue weighted by Crippen LogP contribution is 2.36. The Labute approximate surface area is 379 Å². The molecule has 322 valence electrons. The molecule has 10 rings (SSSR count). The van der Waals surface area contributed by atoms with Crippen molar-refractivity contribution in [2.45, 2.75) is 0 Å². The Hall–Kier alpha value is -9.23. The van der Waals surface area contributed by atoms with Crippen molar-refractivity contribution >= 4 is 62.1 Å². The van der Waals surface area contributed by atoms with E-state index < -0.39 is 0 Å². The van der Waals surface area contributed by atoms with Crippen LogP contribution in [0.3, 0.4) is 0 Å². The molecule has 1 amide bonds. The molecule has 0 saturated heterocycles. The van der Waals surface area contributed by atoms with Crippen molar-refractivity contribution in [3.63, 3.8) is 0 Å². The molecule has 5 heterocycles. The number of anilines is 5. The third kappa shape index (κ3) is 9.12. The first-order valence-corrected chi connectivity index (χ1v) is 20.8. The SMILES string of the molecule is COc1ccc(-c2ccc(Nc3ncccc3C(=O)Nc3ccccc3)cc2)c2ccncc12.COc1ccc(-c2ccc(Nc3ncccc3C(=O)n3ccnc3)cc2)c2ccncc12. The maximum absolute atomic E-state index is 12.8. The van der Waals surface area contributed by atoms with Crippen LogP contribution in [0.25, 0.3) is 43.8 Å². The molecule has 10 aromatic rings. The van der Waals surface area contributed by atoms with E-state index in [9.17, 15) is 9.59 Å². The largest absolute Gasteiger partial charge is 0.496 e. The Balaban J connectivity index is 0.000000166. The number of carbonyl (C=O) groups excluding carboxylic acids is 2. The molecule has 0 aliphatic carbocycles. The van der Waals surface area contributed by atoms with Crippen molar-refractivity contribution in [3.05, 3.63) is 207 Å². The second-order valence-electron chi connectivity index (χ2n) is 14.8. The van der Waals surface area contributed by atoms with E-state index in [1.807, 2.05) is 128 Å². The molecule has 0 radical (unpaired) electrons. The number of imidazole rings is 1. The number of nitrogens with zero attached hydrogens (tertiary/aromatic N) is 6. The standard InChI is InChI=1S/C28H22N4O2.C25H19N5O2/c1-34-26-14-13-22(23-15-17-29-18-25(23)26)19-9-11-21(12-10-19)31-27-24(8-5-16-30-27)28(33)32-20-6-3-2-4-7-20;1-32-23-9-8-19(20-10-12-26-15-22(20)23)17-4-6-18(7-5-17)29-24-21(3-2-11-28-24)25(31)30-14-13-27-16-30/h2-18H,1H3,(H,30,31)(H,32,33);2-16H,1H3,(H,28,29). The van der Waals surface area contributed by atoms with E-state index in [4.69, 9.17) is 9.47 Å². The molecule has 5 aromatic carbocycles. The Morgan fingerprint density at radius 3 is 1.53 bits per heavy atom. The van der Waals surface area contributed by atoms with E-state index in [1.54, 1.807) is 75.7 Å². The third-order valence-electron chi connectivity index (χ3n) is 10.8. The van der Waals surface area contributed by atoms with Gasteiger partial charge in [-0.15, -0.1) is 0 Å². The zero-order chi connectivity index (χ0) is 45.2. The molecular weight excluding hydrogens is 827 g/mol. The fraction of sp³-hybridized carbons (Fsp3) is 0.0377. The molecule has 0 spiro atoms. The lowest BCUT2D eigenvalue weighted by atomic mass is 9.98. The van der Waals surface area contributed by atoms with E-state index in [2.05, 4.69) is 40.9 Å².